The molecule has 2 heterocycles. The van der Waals surface area contributed by atoms with Crippen LogP contribution in [0, 0.1) is 17.2 Å². The molecule has 0 amide bonds. The first-order chi connectivity index (χ1) is 10.6. The minimum atomic E-state index is -0.526. The van der Waals surface area contributed by atoms with Crippen LogP contribution in [0.5, 0.6) is 0 Å². The molecular weight excluding hydrogens is 285 g/mol. The van der Waals surface area contributed by atoms with E-state index in [1.165, 1.54) is 12.1 Å². The molecule has 0 spiro atoms. The molecule has 122 valence electrons. The number of aliphatic hydroxyl groups excluding tert-OH is 2. The van der Waals surface area contributed by atoms with Crippen LogP contribution in [0.4, 0.5) is 4.39 Å². The van der Waals surface area contributed by atoms with Gasteiger partial charge in [-0.1, -0.05) is 12.1 Å². The van der Waals surface area contributed by atoms with Crippen LogP contribution in [-0.4, -0.2) is 54.6 Å². The smallest absolute Gasteiger partial charge is 0.123 e. The molecule has 5 heteroatoms. The fraction of sp³-hybridized carbons (Fsp3) is 0.647. The molecule has 0 saturated carbocycles. The topological polar surface area (TPSA) is 52.9 Å². The number of ether oxygens (including phenoxy) is 1. The molecule has 0 aliphatic carbocycles. The fourth-order valence-electron chi connectivity index (χ4n) is 3.46. The van der Waals surface area contributed by atoms with Crippen LogP contribution >= 0.6 is 0 Å². The summed E-state index contributed by atoms with van der Waals surface area (Å²) in [6, 6.07) is 6.13. The van der Waals surface area contributed by atoms with E-state index in [9.17, 15) is 14.6 Å². The van der Waals surface area contributed by atoms with Gasteiger partial charge in [0.1, 0.15) is 5.82 Å². The number of piperidine rings is 1. The molecular formula is C17H24FNO3. The highest BCUT2D eigenvalue weighted by Crippen LogP contribution is 2.33. The molecule has 2 N–H and O–H groups in total. The molecule has 2 aliphatic heterocycles. The molecule has 2 saturated heterocycles. The lowest BCUT2D eigenvalue weighted by atomic mass is 9.83. The third-order valence-corrected chi connectivity index (χ3v) is 5.00. The number of nitrogens with zero attached hydrogens (tertiary/aromatic N) is 1. The van der Waals surface area contributed by atoms with Gasteiger partial charge in [-0.3, -0.25) is 0 Å². The van der Waals surface area contributed by atoms with E-state index in [4.69, 9.17) is 4.74 Å². The highest BCUT2D eigenvalue weighted by molar-refractivity contribution is 5.19. The molecule has 2 aliphatic rings. The second-order valence-corrected chi connectivity index (χ2v) is 6.76. The normalized spacial score (nSPS) is 24.0. The van der Waals surface area contributed by atoms with Crippen LogP contribution < -0.4 is 0 Å². The Labute approximate surface area is 130 Å². The van der Waals surface area contributed by atoms with E-state index in [-0.39, 0.29) is 23.8 Å². The largest absolute Gasteiger partial charge is 0.396 e. The summed E-state index contributed by atoms with van der Waals surface area (Å²) in [5.74, 6) is -0.0628. The third-order valence-electron chi connectivity index (χ3n) is 5.00. The first-order valence-corrected chi connectivity index (χ1v) is 7.96. The van der Waals surface area contributed by atoms with E-state index >= 15 is 0 Å². The van der Waals surface area contributed by atoms with Crippen molar-refractivity contribution in [1.29, 1.82) is 0 Å². The van der Waals surface area contributed by atoms with Crippen LogP contribution in [0.25, 0.3) is 0 Å². The van der Waals surface area contributed by atoms with Gasteiger partial charge in [0.25, 0.3) is 0 Å². The molecule has 1 aromatic rings. The third kappa shape index (κ3) is 3.33. The van der Waals surface area contributed by atoms with E-state index in [2.05, 4.69) is 4.90 Å². The quantitative estimate of drug-likeness (QED) is 0.867. The Bertz CT molecular complexity index is 476. The average Bonchev–Trinajstić information content (AvgIpc) is 2.52. The number of halogens is 1. The minimum absolute atomic E-state index is 0.0809. The number of rotatable bonds is 5. The number of likely N-dealkylation sites (tertiary alicyclic amines) is 1. The van der Waals surface area contributed by atoms with Crippen LogP contribution in [-0.2, 0) is 4.74 Å². The van der Waals surface area contributed by atoms with Crippen LogP contribution in [0.3, 0.4) is 0 Å². The van der Waals surface area contributed by atoms with Crippen molar-refractivity contribution >= 4 is 0 Å². The number of aliphatic hydroxyl groups is 2. The number of benzene rings is 1. The fourth-order valence-corrected chi connectivity index (χ4v) is 3.46. The molecule has 0 radical (unpaired) electrons. The van der Waals surface area contributed by atoms with Gasteiger partial charge in [0.2, 0.25) is 0 Å². The predicted molar refractivity (Wildman–Crippen MR) is 80.9 cm³/mol. The summed E-state index contributed by atoms with van der Waals surface area (Å²) in [5.41, 5.74) is 0.710. The van der Waals surface area contributed by atoms with Crippen molar-refractivity contribution in [2.75, 3.05) is 39.5 Å². The van der Waals surface area contributed by atoms with E-state index in [1.807, 2.05) is 0 Å². The van der Waals surface area contributed by atoms with Gasteiger partial charge in [0, 0.05) is 6.54 Å². The van der Waals surface area contributed by atoms with Crippen LogP contribution in [0.1, 0.15) is 24.5 Å². The van der Waals surface area contributed by atoms with Crippen LogP contribution in [0.15, 0.2) is 24.3 Å². The van der Waals surface area contributed by atoms with Crippen molar-refractivity contribution in [3.63, 3.8) is 0 Å². The molecule has 0 bridgehead atoms. The maximum absolute atomic E-state index is 13.0. The van der Waals surface area contributed by atoms with E-state index in [0.29, 0.717) is 13.2 Å². The first-order valence-electron chi connectivity index (χ1n) is 7.96. The standard InChI is InChI=1S/C17H24FNO3/c18-15-3-1-13(2-4-15)16(21)14-5-7-19(8-6-14)9-17(10-20)11-22-12-17/h1-4,14,16,20-21H,5-12H2. The van der Waals surface area contributed by atoms with Crippen molar-refractivity contribution in [3.05, 3.63) is 35.6 Å². The SMILES string of the molecule is OCC1(CN2CCC(C(O)c3ccc(F)cc3)CC2)COC1. The number of hydrogen-bond donors (Lipinski definition) is 2. The van der Waals surface area contributed by atoms with Crippen molar-refractivity contribution in [2.24, 2.45) is 11.3 Å². The van der Waals surface area contributed by atoms with Gasteiger partial charge in [-0.25, -0.2) is 4.39 Å². The molecule has 3 rings (SSSR count). The highest BCUT2D eigenvalue weighted by Gasteiger charge is 2.40. The van der Waals surface area contributed by atoms with Crippen molar-refractivity contribution in [1.82, 2.24) is 4.90 Å². The Morgan fingerprint density at radius 1 is 1.23 bits per heavy atom. The zero-order chi connectivity index (χ0) is 15.6. The minimum Gasteiger partial charge on any atom is -0.396 e. The van der Waals surface area contributed by atoms with Gasteiger partial charge in [-0.2, -0.15) is 0 Å². The van der Waals surface area contributed by atoms with E-state index in [1.54, 1.807) is 12.1 Å². The predicted octanol–water partition coefficient (Wildman–Crippen LogP) is 1.58. The van der Waals surface area contributed by atoms with Crippen molar-refractivity contribution in [2.45, 2.75) is 18.9 Å². The zero-order valence-electron chi connectivity index (χ0n) is 12.7. The molecule has 1 atom stereocenters. The highest BCUT2D eigenvalue weighted by atomic mass is 19.1. The van der Waals surface area contributed by atoms with Gasteiger partial charge in [0.05, 0.1) is 31.3 Å². The van der Waals surface area contributed by atoms with Crippen molar-refractivity contribution < 1.29 is 19.3 Å². The van der Waals surface area contributed by atoms with E-state index < -0.39 is 6.10 Å². The van der Waals surface area contributed by atoms with Gasteiger partial charge >= 0.3 is 0 Å². The second-order valence-electron chi connectivity index (χ2n) is 6.76. The average molecular weight is 309 g/mol. The summed E-state index contributed by atoms with van der Waals surface area (Å²) in [6.07, 6.45) is 1.31. The molecule has 0 aromatic heterocycles. The summed E-state index contributed by atoms with van der Waals surface area (Å²) in [5, 5.41) is 20.0. The van der Waals surface area contributed by atoms with Gasteiger partial charge in [-0.15, -0.1) is 0 Å². The second kappa shape index (κ2) is 6.62. The Morgan fingerprint density at radius 3 is 2.36 bits per heavy atom. The summed E-state index contributed by atoms with van der Waals surface area (Å²) in [7, 11) is 0. The van der Waals surface area contributed by atoms with Crippen molar-refractivity contribution in [3.8, 4) is 0 Å². The Hall–Kier alpha value is -1.01. The molecule has 2 fully saturated rings. The summed E-state index contributed by atoms with van der Waals surface area (Å²) >= 11 is 0. The Balaban J connectivity index is 1.52. The Morgan fingerprint density at radius 2 is 1.86 bits per heavy atom. The van der Waals surface area contributed by atoms with Gasteiger partial charge < -0.3 is 19.8 Å². The Kier molecular flexibility index (Phi) is 4.78. The zero-order valence-corrected chi connectivity index (χ0v) is 12.7. The summed E-state index contributed by atoms with van der Waals surface area (Å²) in [4.78, 5) is 2.35. The summed E-state index contributed by atoms with van der Waals surface area (Å²) in [6.45, 7) is 4.16. The summed E-state index contributed by atoms with van der Waals surface area (Å²) < 4.78 is 18.2. The lowest BCUT2D eigenvalue weighted by Gasteiger charge is -2.45. The molecule has 1 aromatic carbocycles. The maximum atomic E-state index is 13.0. The van der Waals surface area contributed by atoms with Gasteiger partial charge in [-0.05, 0) is 49.5 Å². The lowest BCUT2D eigenvalue weighted by molar-refractivity contribution is -0.150. The van der Waals surface area contributed by atoms with Gasteiger partial charge in [0.15, 0.2) is 0 Å². The first kappa shape index (κ1) is 15.9. The molecule has 4 nitrogen and oxygen atoms in total. The lowest BCUT2D eigenvalue weighted by Crippen LogP contribution is -2.54. The number of hydrogen-bond acceptors (Lipinski definition) is 4. The monoisotopic (exact) mass is 309 g/mol. The van der Waals surface area contributed by atoms with Crippen LogP contribution in [0.2, 0.25) is 0 Å². The maximum Gasteiger partial charge on any atom is 0.123 e. The molecule has 1 unspecified atom stereocenters. The van der Waals surface area contributed by atoms with E-state index in [0.717, 1.165) is 38.0 Å². The molecule has 22 heavy (non-hydrogen) atoms.